The van der Waals surface area contributed by atoms with E-state index in [2.05, 4.69) is 0 Å². The van der Waals surface area contributed by atoms with Gasteiger partial charge in [0.15, 0.2) is 0 Å². The van der Waals surface area contributed by atoms with E-state index in [0.717, 1.165) is 18.2 Å². The Bertz CT molecular complexity index is 457. The van der Waals surface area contributed by atoms with Crippen molar-refractivity contribution in [2.45, 2.75) is 4.90 Å². The molecule has 0 spiro atoms. The van der Waals surface area contributed by atoms with Crippen molar-refractivity contribution in [3.63, 3.8) is 0 Å². The zero-order valence-electron chi connectivity index (χ0n) is 6.77. The molecule has 1 aromatic rings. The van der Waals surface area contributed by atoms with E-state index in [0.29, 0.717) is 0 Å². The van der Waals surface area contributed by atoms with E-state index in [9.17, 15) is 17.6 Å². The van der Waals surface area contributed by atoms with Gasteiger partial charge in [0, 0.05) is 0 Å². The summed E-state index contributed by atoms with van der Waals surface area (Å²) in [5.74, 6) is -0.787. The Morgan fingerprint density at radius 3 is 2.57 bits per heavy atom. The number of nitrogens with one attached hydrogen (secondary N) is 1. The van der Waals surface area contributed by atoms with Crippen LogP contribution in [0.4, 0.5) is 10.1 Å². The second-order valence-corrected chi connectivity index (χ2v) is 3.80. The Labute approximate surface area is 79.3 Å². The van der Waals surface area contributed by atoms with Crippen molar-refractivity contribution in [1.82, 2.24) is 0 Å². The fraction of sp³-hybridized carbons (Fsp3) is 0. The molecule has 0 unspecified atom stereocenters. The van der Waals surface area contributed by atoms with Gasteiger partial charge < -0.3 is 5.32 Å². The zero-order chi connectivity index (χ0) is 10.8. The first kappa shape index (κ1) is 10.6. The first-order chi connectivity index (χ1) is 6.45. The standard InChI is InChI=1S/C7H6FNO4S/c8-6-2-1-5(14(11,12)13)3-7(6)9-4-10/h1-4H,(H,9,10)(H,11,12,13). The summed E-state index contributed by atoms with van der Waals surface area (Å²) in [5, 5.41) is 1.96. The summed E-state index contributed by atoms with van der Waals surface area (Å²) in [4.78, 5) is 9.51. The van der Waals surface area contributed by atoms with Crippen LogP contribution in [0.25, 0.3) is 0 Å². The molecular formula is C7H6FNO4S. The highest BCUT2D eigenvalue weighted by Gasteiger charge is 2.12. The molecule has 7 heteroatoms. The van der Waals surface area contributed by atoms with E-state index in [1.807, 2.05) is 5.32 Å². The molecule has 0 aliphatic rings. The number of rotatable bonds is 3. The molecule has 1 amide bonds. The molecule has 0 aromatic heterocycles. The van der Waals surface area contributed by atoms with Gasteiger partial charge in [-0.05, 0) is 18.2 Å². The van der Waals surface area contributed by atoms with Crippen LogP contribution in [-0.2, 0) is 14.9 Å². The summed E-state index contributed by atoms with van der Waals surface area (Å²) >= 11 is 0. The molecule has 0 bridgehead atoms. The van der Waals surface area contributed by atoms with Crippen molar-refractivity contribution < 1.29 is 22.2 Å². The number of benzene rings is 1. The van der Waals surface area contributed by atoms with Gasteiger partial charge in [-0.3, -0.25) is 9.35 Å². The highest BCUT2D eigenvalue weighted by atomic mass is 32.2. The summed E-state index contributed by atoms with van der Waals surface area (Å²) in [6.07, 6.45) is 0.201. The van der Waals surface area contributed by atoms with Crippen LogP contribution >= 0.6 is 0 Å². The smallest absolute Gasteiger partial charge is 0.294 e. The molecule has 0 saturated heterocycles. The Hall–Kier alpha value is -1.47. The van der Waals surface area contributed by atoms with Crippen LogP contribution in [0.15, 0.2) is 23.1 Å². The minimum Gasteiger partial charge on any atom is -0.326 e. The molecule has 0 aliphatic heterocycles. The Morgan fingerprint density at radius 1 is 1.43 bits per heavy atom. The molecule has 0 atom stereocenters. The largest absolute Gasteiger partial charge is 0.326 e. The molecule has 14 heavy (non-hydrogen) atoms. The lowest BCUT2D eigenvalue weighted by Gasteiger charge is -2.02. The lowest BCUT2D eigenvalue weighted by molar-refractivity contribution is -0.105. The molecule has 0 fully saturated rings. The highest BCUT2D eigenvalue weighted by Crippen LogP contribution is 2.18. The van der Waals surface area contributed by atoms with Gasteiger partial charge in [-0.25, -0.2) is 4.39 Å². The predicted octanol–water partition coefficient (Wildman–Crippen LogP) is 0.641. The molecule has 0 saturated carbocycles. The van der Waals surface area contributed by atoms with Gasteiger partial charge in [0.1, 0.15) is 5.82 Å². The number of amides is 1. The fourth-order valence-electron chi connectivity index (χ4n) is 0.839. The third-order valence-electron chi connectivity index (χ3n) is 1.45. The van der Waals surface area contributed by atoms with Crippen LogP contribution in [0.5, 0.6) is 0 Å². The minimum atomic E-state index is -4.38. The summed E-state index contributed by atoms with van der Waals surface area (Å²) in [6, 6.07) is 2.54. The van der Waals surface area contributed by atoms with E-state index in [1.54, 1.807) is 0 Å². The number of halogens is 1. The average Bonchev–Trinajstić information content (AvgIpc) is 2.07. The van der Waals surface area contributed by atoms with Gasteiger partial charge in [0.05, 0.1) is 10.6 Å². The van der Waals surface area contributed by atoms with Gasteiger partial charge in [-0.2, -0.15) is 8.42 Å². The van der Waals surface area contributed by atoms with Crippen LogP contribution in [0.2, 0.25) is 0 Å². The van der Waals surface area contributed by atoms with Gasteiger partial charge >= 0.3 is 0 Å². The zero-order valence-corrected chi connectivity index (χ0v) is 7.58. The normalized spacial score (nSPS) is 11.0. The number of anilines is 1. The van der Waals surface area contributed by atoms with Gasteiger partial charge in [-0.15, -0.1) is 0 Å². The quantitative estimate of drug-likeness (QED) is 0.577. The Balaban J connectivity index is 3.26. The molecule has 0 radical (unpaired) electrons. The summed E-state index contributed by atoms with van der Waals surface area (Å²) < 4.78 is 42.7. The van der Waals surface area contributed by atoms with Crippen molar-refractivity contribution in [3.05, 3.63) is 24.0 Å². The molecule has 0 aliphatic carbocycles. The van der Waals surface area contributed by atoms with Gasteiger partial charge in [-0.1, -0.05) is 0 Å². The van der Waals surface area contributed by atoms with E-state index in [-0.39, 0.29) is 12.1 Å². The van der Waals surface area contributed by atoms with E-state index in [1.165, 1.54) is 0 Å². The molecule has 1 rings (SSSR count). The SMILES string of the molecule is O=CNc1cc(S(=O)(=O)O)ccc1F. The number of carbonyl (C=O) groups excluding carboxylic acids is 1. The number of carbonyl (C=O) groups is 1. The molecule has 76 valence electrons. The second-order valence-electron chi connectivity index (χ2n) is 2.38. The van der Waals surface area contributed by atoms with Gasteiger partial charge in [0.2, 0.25) is 6.41 Å². The second kappa shape index (κ2) is 3.72. The molecule has 0 heterocycles. The van der Waals surface area contributed by atoms with Crippen LogP contribution in [0.1, 0.15) is 0 Å². The summed E-state index contributed by atoms with van der Waals surface area (Å²) in [6.45, 7) is 0. The van der Waals surface area contributed by atoms with Crippen molar-refractivity contribution in [1.29, 1.82) is 0 Å². The summed E-state index contributed by atoms with van der Waals surface area (Å²) in [5.41, 5.74) is -0.310. The van der Waals surface area contributed by atoms with E-state index in [4.69, 9.17) is 4.55 Å². The monoisotopic (exact) mass is 219 g/mol. The molecule has 5 nitrogen and oxygen atoms in total. The average molecular weight is 219 g/mol. The maximum Gasteiger partial charge on any atom is 0.294 e. The third-order valence-corrected chi connectivity index (χ3v) is 2.30. The van der Waals surface area contributed by atoms with Crippen LogP contribution < -0.4 is 5.32 Å². The molecular weight excluding hydrogens is 213 g/mol. The lowest BCUT2D eigenvalue weighted by Crippen LogP contribution is -2.02. The van der Waals surface area contributed by atoms with Crippen molar-refractivity contribution in [3.8, 4) is 0 Å². The highest BCUT2D eigenvalue weighted by molar-refractivity contribution is 7.85. The Kier molecular flexibility index (Phi) is 2.82. The molecule has 1 aromatic carbocycles. The number of hydrogen-bond acceptors (Lipinski definition) is 3. The third kappa shape index (κ3) is 2.27. The van der Waals surface area contributed by atoms with Crippen molar-refractivity contribution in [2.24, 2.45) is 0 Å². The Morgan fingerprint density at radius 2 is 2.07 bits per heavy atom. The first-order valence-corrected chi connectivity index (χ1v) is 4.86. The maximum atomic E-state index is 12.8. The van der Waals surface area contributed by atoms with Crippen molar-refractivity contribution in [2.75, 3.05) is 5.32 Å². The number of hydrogen-bond donors (Lipinski definition) is 2. The van der Waals surface area contributed by atoms with Crippen LogP contribution in [-0.4, -0.2) is 19.4 Å². The van der Waals surface area contributed by atoms with E-state index >= 15 is 0 Å². The summed E-state index contributed by atoms with van der Waals surface area (Å²) in [7, 11) is -4.38. The van der Waals surface area contributed by atoms with Gasteiger partial charge in [0.25, 0.3) is 10.1 Å². The predicted molar refractivity (Wildman–Crippen MR) is 45.9 cm³/mol. The lowest BCUT2D eigenvalue weighted by atomic mass is 10.3. The topological polar surface area (TPSA) is 83.5 Å². The van der Waals surface area contributed by atoms with Crippen LogP contribution in [0.3, 0.4) is 0 Å². The minimum absolute atomic E-state index is 0.201. The molecule has 2 N–H and O–H groups in total. The van der Waals surface area contributed by atoms with Crippen LogP contribution in [0, 0.1) is 5.82 Å². The van der Waals surface area contributed by atoms with Crippen molar-refractivity contribution >= 4 is 22.2 Å². The van der Waals surface area contributed by atoms with E-state index < -0.39 is 20.8 Å². The fourth-order valence-corrected chi connectivity index (χ4v) is 1.35. The maximum absolute atomic E-state index is 12.8. The first-order valence-electron chi connectivity index (χ1n) is 3.42.